The molecule has 1 aliphatic rings. The summed E-state index contributed by atoms with van der Waals surface area (Å²) in [4.78, 5) is 18.3. The maximum absolute atomic E-state index is 12.5. The smallest absolute Gasteiger partial charge is 0.253 e. The second kappa shape index (κ2) is 7.33. The van der Waals surface area contributed by atoms with Gasteiger partial charge in [-0.2, -0.15) is 0 Å². The van der Waals surface area contributed by atoms with E-state index < -0.39 is 10.0 Å². The lowest BCUT2D eigenvalue weighted by Gasteiger charge is -2.17. The van der Waals surface area contributed by atoms with Gasteiger partial charge in [0.25, 0.3) is 5.91 Å². The fourth-order valence-corrected chi connectivity index (χ4v) is 3.74. The van der Waals surface area contributed by atoms with Crippen molar-refractivity contribution in [3.63, 3.8) is 0 Å². The molecule has 1 aromatic heterocycles. The van der Waals surface area contributed by atoms with Crippen molar-refractivity contribution in [3.05, 3.63) is 59.9 Å². The van der Waals surface area contributed by atoms with Gasteiger partial charge in [0.05, 0.1) is 4.90 Å². The molecule has 7 heteroatoms. The molecule has 3 rings (SSSR count). The first kappa shape index (κ1) is 17.6. The van der Waals surface area contributed by atoms with Gasteiger partial charge in [-0.25, -0.2) is 13.1 Å². The van der Waals surface area contributed by atoms with Gasteiger partial charge in [0.15, 0.2) is 0 Å². The number of pyridine rings is 1. The molecule has 1 heterocycles. The Hall–Kier alpha value is -2.25. The Labute approximate surface area is 147 Å². The molecule has 1 N–H and O–H groups in total. The van der Waals surface area contributed by atoms with E-state index in [0.717, 1.165) is 24.8 Å². The molecule has 6 nitrogen and oxygen atoms in total. The summed E-state index contributed by atoms with van der Waals surface area (Å²) in [5.74, 6) is -0.131. The third kappa shape index (κ3) is 4.64. The van der Waals surface area contributed by atoms with Crippen molar-refractivity contribution in [2.45, 2.75) is 30.2 Å². The minimum atomic E-state index is -3.49. The molecule has 2 aromatic rings. The molecule has 1 saturated carbocycles. The Morgan fingerprint density at radius 2 is 1.80 bits per heavy atom. The monoisotopic (exact) mass is 359 g/mol. The number of benzene rings is 1. The summed E-state index contributed by atoms with van der Waals surface area (Å²) in [6.07, 6.45) is 5.97. The normalized spacial score (nSPS) is 14.3. The highest BCUT2D eigenvalue weighted by Gasteiger charge is 2.28. The molecule has 132 valence electrons. The van der Waals surface area contributed by atoms with Crippen molar-refractivity contribution in [2.75, 3.05) is 13.6 Å². The van der Waals surface area contributed by atoms with Gasteiger partial charge in [0.2, 0.25) is 10.0 Å². The maximum atomic E-state index is 12.5. The van der Waals surface area contributed by atoms with E-state index in [9.17, 15) is 13.2 Å². The summed E-state index contributed by atoms with van der Waals surface area (Å²) in [7, 11) is -1.75. The number of nitrogens with zero attached hydrogens (tertiary/aromatic N) is 2. The molecular formula is C18H21N3O3S. The first-order valence-corrected chi connectivity index (χ1v) is 9.71. The van der Waals surface area contributed by atoms with E-state index in [1.807, 2.05) is 12.1 Å². The van der Waals surface area contributed by atoms with Crippen LogP contribution in [0.3, 0.4) is 0 Å². The Balaban J connectivity index is 1.61. The summed E-state index contributed by atoms with van der Waals surface area (Å²) in [5.41, 5.74) is 1.59. The number of hydrogen-bond acceptors (Lipinski definition) is 4. The van der Waals surface area contributed by atoms with Crippen LogP contribution in [-0.2, 0) is 16.4 Å². The van der Waals surface area contributed by atoms with Crippen LogP contribution in [0.4, 0.5) is 0 Å². The van der Waals surface area contributed by atoms with Gasteiger partial charge in [-0.3, -0.25) is 9.78 Å². The van der Waals surface area contributed by atoms with Gasteiger partial charge in [0.1, 0.15) is 0 Å². The van der Waals surface area contributed by atoms with Crippen molar-refractivity contribution >= 4 is 15.9 Å². The summed E-state index contributed by atoms with van der Waals surface area (Å²) < 4.78 is 26.9. The Morgan fingerprint density at radius 1 is 1.16 bits per heavy atom. The molecule has 0 saturated heterocycles. The number of nitrogens with one attached hydrogen (secondary N) is 1. The zero-order valence-electron chi connectivity index (χ0n) is 14.1. The number of carbonyl (C=O) groups is 1. The Morgan fingerprint density at radius 3 is 2.40 bits per heavy atom. The van der Waals surface area contributed by atoms with E-state index in [-0.39, 0.29) is 16.8 Å². The molecule has 0 spiro atoms. The summed E-state index contributed by atoms with van der Waals surface area (Å²) in [5, 5.41) is 0. The van der Waals surface area contributed by atoms with Crippen molar-refractivity contribution in [1.29, 1.82) is 0 Å². The highest BCUT2D eigenvalue weighted by molar-refractivity contribution is 7.89. The van der Waals surface area contributed by atoms with E-state index in [0.29, 0.717) is 12.1 Å². The van der Waals surface area contributed by atoms with E-state index in [2.05, 4.69) is 9.71 Å². The minimum Gasteiger partial charge on any atom is -0.341 e. The van der Waals surface area contributed by atoms with Crippen LogP contribution >= 0.6 is 0 Å². The largest absolute Gasteiger partial charge is 0.341 e. The van der Waals surface area contributed by atoms with E-state index in [1.54, 1.807) is 36.5 Å². The lowest BCUT2D eigenvalue weighted by Crippen LogP contribution is -2.29. The lowest BCUT2D eigenvalue weighted by molar-refractivity contribution is 0.0796. The average molecular weight is 359 g/mol. The molecule has 0 aliphatic heterocycles. The third-order valence-corrected chi connectivity index (χ3v) is 5.68. The highest BCUT2D eigenvalue weighted by Crippen LogP contribution is 2.22. The maximum Gasteiger partial charge on any atom is 0.253 e. The zero-order chi connectivity index (χ0) is 17.9. The summed E-state index contributed by atoms with van der Waals surface area (Å²) >= 11 is 0. The van der Waals surface area contributed by atoms with Crippen LogP contribution in [-0.4, -0.2) is 43.8 Å². The number of hydrogen-bond donors (Lipinski definition) is 1. The van der Waals surface area contributed by atoms with Crippen LogP contribution < -0.4 is 4.72 Å². The molecule has 0 radical (unpaired) electrons. The fraction of sp³-hybridized carbons (Fsp3) is 0.333. The second-order valence-electron chi connectivity index (χ2n) is 6.25. The number of rotatable bonds is 7. The third-order valence-electron chi connectivity index (χ3n) is 4.14. The molecule has 0 unspecified atom stereocenters. The van der Waals surface area contributed by atoms with Crippen molar-refractivity contribution in [1.82, 2.24) is 14.6 Å². The van der Waals surface area contributed by atoms with E-state index >= 15 is 0 Å². The van der Waals surface area contributed by atoms with Gasteiger partial charge in [-0.15, -0.1) is 0 Å². The first-order chi connectivity index (χ1) is 12.0. The molecule has 1 fully saturated rings. The van der Waals surface area contributed by atoms with Crippen LogP contribution in [0.25, 0.3) is 0 Å². The minimum absolute atomic E-state index is 0.0608. The van der Waals surface area contributed by atoms with Crippen LogP contribution in [0.1, 0.15) is 28.8 Å². The molecule has 25 heavy (non-hydrogen) atoms. The number of carbonyl (C=O) groups excluding carboxylic acids is 1. The van der Waals surface area contributed by atoms with Gasteiger partial charge in [-0.1, -0.05) is 0 Å². The molecular weight excluding hydrogens is 338 g/mol. The molecule has 0 atom stereocenters. The van der Waals surface area contributed by atoms with Gasteiger partial charge >= 0.3 is 0 Å². The lowest BCUT2D eigenvalue weighted by atomic mass is 10.1. The van der Waals surface area contributed by atoms with Crippen LogP contribution in [0.2, 0.25) is 0 Å². The van der Waals surface area contributed by atoms with Crippen LogP contribution in [0, 0.1) is 0 Å². The van der Waals surface area contributed by atoms with Crippen molar-refractivity contribution in [3.8, 4) is 0 Å². The Bertz CT molecular complexity index is 832. The molecule has 1 aliphatic carbocycles. The second-order valence-corrected chi connectivity index (χ2v) is 7.97. The van der Waals surface area contributed by atoms with Gasteiger partial charge in [-0.05, 0) is 61.2 Å². The SMILES string of the molecule is CN(CCc1ccncc1)C(=O)c1ccc(S(=O)(=O)NC2CC2)cc1. The van der Waals surface area contributed by atoms with Crippen LogP contribution in [0.5, 0.6) is 0 Å². The van der Waals surface area contributed by atoms with Crippen LogP contribution in [0.15, 0.2) is 53.7 Å². The number of aromatic nitrogens is 1. The zero-order valence-corrected chi connectivity index (χ0v) is 14.9. The molecule has 1 aromatic carbocycles. The quantitative estimate of drug-likeness (QED) is 0.818. The average Bonchev–Trinajstić information content (AvgIpc) is 3.43. The molecule has 1 amide bonds. The van der Waals surface area contributed by atoms with E-state index in [1.165, 1.54) is 12.1 Å². The number of amides is 1. The van der Waals surface area contributed by atoms with Crippen molar-refractivity contribution in [2.24, 2.45) is 0 Å². The summed E-state index contributed by atoms with van der Waals surface area (Å²) in [6, 6.07) is 9.99. The predicted octanol–water partition coefficient (Wildman–Crippen LogP) is 1.84. The standard InChI is InChI=1S/C18H21N3O3S/c1-21(13-10-14-8-11-19-12-9-14)18(22)15-2-6-17(7-3-15)25(23,24)20-16-4-5-16/h2-3,6-9,11-12,16,20H,4-5,10,13H2,1H3. The summed E-state index contributed by atoms with van der Waals surface area (Å²) in [6.45, 7) is 0.576. The van der Waals surface area contributed by atoms with Gasteiger partial charge in [0, 0.05) is 37.6 Å². The predicted molar refractivity (Wildman–Crippen MR) is 94.7 cm³/mol. The highest BCUT2D eigenvalue weighted by atomic mass is 32.2. The fourth-order valence-electron chi connectivity index (χ4n) is 2.43. The van der Waals surface area contributed by atoms with E-state index in [4.69, 9.17) is 0 Å². The number of likely N-dealkylation sites (N-methyl/N-ethyl adjacent to an activating group) is 1. The van der Waals surface area contributed by atoms with Crippen molar-refractivity contribution < 1.29 is 13.2 Å². The van der Waals surface area contributed by atoms with Gasteiger partial charge < -0.3 is 4.90 Å². The number of sulfonamides is 1. The topological polar surface area (TPSA) is 79.4 Å². The Kier molecular flexibility index (Phi) is 5.15. The first-order valence-electron chi connectivity index (χ1n) is 8.22. The molecule has 0 bridgehead atoms.